The van der Waals surface area contributed by atoms with E-state index in [9.17, 15) is 4.79 Å². The molecule has 0 aliphatic carbocycles. The molecule has 0 amide bonds. The minimum Gasteiger partial charge on any atom is -0.321 e. The Balaban J connectivity index is 1.50. The van der Waals surface area contributed by atoms with Crippen molar-refractivity contribution in [2.45, 2.75) is 32.4 Å². The molecule has 28 heavy (non-hydrogen) atoms. The van der Waals surface area contributed by atoms with Crippen molar-refractivity contribution in [3.8, 4) is 11.3 Å². The molecule has 4 rings (SSSR count). The van der Waals surface area contributed by atoms with Crippen molar-refractivity contribution in [1.82, 2.24) is 14.8 Å². The predicted octanol–water partition coefficient (Wildman–Crippen LogP) is 4.03. The first-order valence-corrected chi connectivity index (χ1v) is 10.1. The largest absolute Gasteiger partial charge is 0.321 e. The monoisotopic (exact) mass is 375 g/mol. The maximum Gasteiger partial charge on any atom is 0.256 e. The zero-order valence-electron chi connectivity index (χ0n) is 17.0. The molecule has 1 aromatic heterocycles. The quantitative estimate of drug-likeness (QED) is 0.748. The van der Waals surface area contributed by atoms with Crippen LogP contribution in [0.2, 0.25) is 0 Å². The molecule has 0 saturated carbocycles. The molecule has 0 unspecified atom stereocenters. The van der Waals surface area contributed by atoms with Gasteiger partial charge in [0.25, 0.3) is 5.56 Å². The number of aromatic nitrogens is 1. The van der Waals surface area contributed by atoms with E-state index in [2.05, 4.69) is 59.2 Å². The van der Waals surface area contributed by atoms with Gasteiger partial charge in [-0.25, -0.2) is 0 Å². The highest BCUT2D eigenvalue weighted by atomic mass is 16.1. The van der Waals surface area contributed by atoms with Gasteiger partial charge in [0.1, 0.15) is 0 Å². The number of hydrogen-bond acceptors (Lipinski definition) is 3. The number of H-pyrrole nitrogens is 1. The van der Waals surface area contributed by atoms with Gasteiger partial charge < -0.3 is 9.88 Å². The minimum absolute atomic E-state index is 0.0240. The number of rotatable bonds is 4. The lowest BCUT2D eigenvalue weighted by molar-refractivity contribution is 0.140. The van der Waals surface area contributed by atoms with Crippen LogP contribution in [0.25, 0.3) is 22.0 Å². The summed E-state index contributed by atoms with van der Waals surface area (Å²) in [7, 11) is 4.36. The summed E-state index contributed by atoms with van der Waals surface area (Å²) in [5.74, 6) is 0. The molecule has 4 heteroatoms. The predicted molar refractivity (Wildman–Crippen MR) is 117 cm³/mol. The molecule has 1 aliphatic heterocycles. The lowest BCUT2D eigenvalue weighted by Gasteiger charge is -2.35. The summed E-state index contributed by atoms with van der Waals surface area (Å²) in [5.41, 5.74) is 4.36. The number of hydrogen-bond donors (Lipinski definition) is 1. The van der Waals surface area contributed by atoms with Crippen molar-refractivity contribution in [1.29, 1.82) is 0 Å². The van der Waals surface area contributed by atoms with Crippen molar-refractivity contribution in [2.24, 2.45) is 0 Å². The van der Waals surface area contributed by atoms with E-state index >= 15 is 0 Å². The molecule has 0 atom stereocenters. The van der Waals surface area contributed by atoms with E-state index in [0.717, 1.165) is 47.2 Å². The fraction of sp³-hybridized carbons (Fsp3) is 0.375. The second-order valence-electron chi connectivity index (χ2n) is 8.22. The third-order valence-corrected chi connectivity index (χ3v) is 6.06. The highest BCUT2D eigenvalue weighted by Crippen LogP contribution is 2.23. The van der Waals surface area contributed by atoms with E-state index < -0.39 is 0 Å². The van der Waals surface area contributed by atoms with Crippen LogP contribution in [0.15, 0.2) is 53.3 Å². The summed E-state index contributed by atoms with van der Waals surface area (Å²) >= 11 is 0. The molecule has 1 N–H and O–H groups in total. The number of aryl methyl sites for hydroxylation is 1. The van der Waals surface area contributed by atoms with E-state index in [1.807, 2.05) is 25.1 Å². The van der Waals surface area contributed by atoms with Gasteiger partial charge in [0.15, 0.2) is 0 Å². The van der Waals surface area contributed by atoms with Crippen LogP contribution in [0.3, 0.4) is 0 Å². The summed E-state index contributed by atoms with van der Waals surface area (Å²) in [6, 6.07) is 17.3. The highest BCUT2D eigenvalue weighted by molar-refractivity contribution is 5.87. The number of benzene rings is 2. The normalized spacial score (nSPS) is 16.1. The molecule has 1 saturated heterocycles. The molecular formula is C24H29N3O. The number of likely N-dealkylation sites (tertiary alicyclic amines) is 1. The van der Waals surface area contributed by atoms with Crippen molar-refractivity contribution < 1.29 is 0 Å². The van der Waals surface area contributed by atoms with Crippen molar-refractivity contribution in [2.75, 3.05) is 27.2 Å². The zero-order chi connectivity index (χ0) is 19.7. The van der Waals surface area contributed by atoms with Gasteiger partial charge in [-0.15, -0.1) is 0 Å². The molecule has 1 fully saturated rings. The Morgan fingerprint density at radius 2 is 1.75 bits per heavy atom. The summed E-state index contributed by atoms with van der Waals surface area (Å²) in [6.07, 6.45) is 2.48. The first kappa shape index (κ1) is 18.9. The van der Waals surface area contributed by atoms with Gasteiger partial charge >= 0.3 is 0 Å². The first-order valence-electron chi connectivity index (χ1n) is 10.1. The molecule has 3 aromatic rings. The highest BCUT2D eigenvalue weighted by Gasteiger charge is 2.20. The van der Waals surface area contributed by atoms with Crippen LogP contribution in [0.5, 0.6) is 0 Å². The zero-order valence-corrected chi connectivity index (χ0v) is 17.0. The van der Waals surface area contributed by atoms with Gasteiger partial charge in [-0.1, -0.05) is 36.4 Å². The molecule has 0 radical (unpaired) electrons. The van der Waals surface area contributed by atoms with Gasteiger partial charge in [0, 0.05) is 23.7 Å². The van der Waals surface area contributed by atoms with E-state index in [4.69, 9.17) is 0 Å². The maximum absolute atomic E-state index is 12.5. The SMILES string of the molecule is Cc1cccc2c(=O)[nH]c(-c3ccc(CN4CCC(N(C)C)CC4)cc3)cc12. The topological polar surface area (TPSA) is 39.3 Å². The number of nitrogens with one attached hydrogen (secondary N) is 1. The Bertz CT molecular complexity index is 1010. The van der Waals surface area contributed by atoms with Crippen LogP contribution in [-0.2, 0) is 6.54 Å². The van der Waals surface area contributed by atoms with E-state index in [1.165, 1.54) is 18.4 Å². The fourth-order valence-corrected chi connectivity index (χ4v) is 4.24. The second-order valence-corrected chi connectivity index (χ2v) is 8.22. The number of piperidine rings is 1. The lowest BCUT2D eigenvalue weighted by Crippen LogP contribution is -2.41. The summed E-state index contributed by atoms with van der Waals surface area (Å²) in [6.45, 7) is 5.35. The van der Waals surface area contributed by atoms with Crippen LogP contribution in [0, 0.1) is 6.92 Å². The third-order valence-electron chi connectivity index (χ3n) is 6.06. The molecule has 2 heterocycles. The summed E-state index contributed by atoms with van der Waals surface area (Å²) < 4.78 is 0. The Morgan fingerprint density at radius 1 is 1.04 bits per heavy atom. The number of fused-ring (bicyclic) bond motifs is 1. The number of pyridine rings is 1. The van der Waals surface area contributed by atoms with Gasteiger partial charge in [-0.2, -0.15) is 0 Å². The molecule has 1 aliphatic rings. The van der Waals surface area contributed by atoms with E-state index in [1.54, 1.807) is 0 Å². The van der Waals surface area contributed by atoms with Gasteiger partial charge in [-0.3, -0.25) is 9.69 Å². The molecule has 0 bridgehead atoms. The average Bonchev–Trinajstić information content (AvgIpc) is 2.70. The minimum atomic E-state index is -0.0240. The summed E-state index contributed by atoms with van der Waals surface area (Å²) in [4.78, 5) is 20.4. The molecule has 4 nitrogen and oxygen atoms in total. The van der Waals surface area contributed by atoms with E-state index in [0.29, 0.717) is 6.04 Å². The van der Waals surface area contributed by atoms with Gasteiger partial charge in [0.2, 0.25) is 0 Å². The van der Waals surface area contributed by atoms with Crippen LogP contribution in [0.1, 0.15) is 24.0 Å². The molecule has 146 valence electrons. The summed E-state index contributed by atoms with van der Waals surface area (Å²) in [5, 5.41) is 1.77. The van der Waals surface area contributed by atoms with Crippen molar-refractivity contribution in [3.63, 3.8) is 0 Å². The maximum atomic E-state index is 12.5. The average molecular weight is 376 g/mol. The van der Waals surface area contributed by atoms with Crippen LogP contribution >= 0.6 is 0 Å². The van der Waals surface area contributed by atoms with Crippen LogP contribution < -0.4 is 5.56 Å². The van der Waals surface area contributed by atoms with Crippen LogP contribution in [-0.4, -0.2) is 48.0 Å². The lowest BCUT2D eigenvalue weighted by atomic mass is 10.0. The van der Waals surface area contributed by atoms with Crippen molar-refractivity contribution in [3.05, 3.63) is 70.0 Å². The molecule has 0 spiro atoms. The Labute approximate surface area is 166 Å². The Kier molecular flexibility index (Phi) is 5.33. The van der Waals surface area contributed by atoms with Gasteiger partial charge in [-0.05, 0) is 81.2 Å². The Morgan fingerprint density at radius 3 is 2.43 bits per heavy atom. The number of aromatic amines is 1. The molecule has 2 aromatic carbocycles. The van der Waals surface area contributed by atoms with Crippen LogP contribution in [0.4, 0.5) is 0 Å². The second kappa shape index (κ2) is 7.90. The van der Waals surface area contributed by atoms with Crippen molar-refractivity contribution >= 4 is 10.8 Å². The third kappa shape index (κ3) is 3.89. The Hall–Kier alpha value is -2.43. The van der Waals surface area contributed by atoms with E-state index in [-0.39, 0.29) is 5.56 Å². The number of nitrogens with zero attached hydrogens (tertiary/aromatic N) is 2. The smallest absolute Gasteiger partial charge is 0.256 e. The fourth-order valence-electron chi connectivity index (χ4n) is 4.24. The molecular weight excluding hydrogens is 346 g/mol. The first-order chi connectivity index (χ1) is 13.5. The standard InChI is InChI=1S/C24H29N3O/c1-17-5-4-6-21-22(17)15-23(25-24(21)28)19-9-7-18(8-10-19)16-27-13-11-20(12-14-27)26(2)3/h4-10,15,20H,11-14,16H2,1-3H3,(H,25,28). The van der Waals surface area contributed by atoms with Gasteiger partial charge in [0.05, 0.1) is 0 Å².